The number of nitrogens with two attached hydrogens (primary N) is 1. The second kappa shape index (κ2) is 8.49. The average Bonchev–Trinajstić information content (AvgIpc) is 2.38. The highest BCUT2D eigenvalue weighted by Crippen LogP contribution is 2.30. The zero-order valence-corrected chi connectivity index (χ0v) is 14.3. The van der Waals surface area contributed by atoms with Gasteiger partial charge in [0.25, 0.3) is 0 Å². The summed E-state index contributed by atoms with van der Waals surface area (Å²) in [5.74, 6) is 0.999. The van der Waals surface area contributed by atoms with E-state index in [-0.39, 0.29) is 6.10 Å². The second-order valence-corrected chi connectivity index (χ2v) is 6.53. The Bertz CT molecular complexity index is 449. The minimum Gasteiger partial charge on any atom is -0.389 e. The number of benzene rings is 1. The maximum Gasteiger partial charge on any atom is 0.107 e. The molecule has 0 aliphatic rings. The topological polar surface area (TPSA) is 38.5 Å². The Kier molecular flexibility index (Phi) is 7.34. The van der Waals surface area contributed by atoms with Gasteiger partial charge in [0.2, 0.25) is 0 Å². The molecule has 0 heterocycles. The smallest absolute Gasteiger partial charge is 0.107 e. The lowest BCUT2D eigenvalue weighted by atomic mass is 10.1. The lowest BCUT2D eigenvalue weighted by molar-refractivity contribution is 0.0846. The molecule has 0 spiro atoms. The van der Waals surface area contributed by atoms with Gasteiger partial charge in [0.1, 0.15) is 4.99 Å². The van der Waals surface area contributed by atoms with E-state index in [4.69, 9.17) is 22.7 Å². The van der Waals surface area contributed by atoms with E-state index in [2.05, 4.69) is 30.0 Å². The molecule has 1 rings (SSSR count). The molecular weight excluding hydrogens is 288 g/mol. The minimum absolute atomic E-state index is 0.250. The van der Waals surface area contributed by atoms with Crippen LogP contribution in [0.25, 0.3) is 0 Å². The molecule has 20 heavy (non-hydrogen) atoms. The molecule has 0 saturated heterocycles. The minimum atomic E-state index is 0.250. The molecule has 0 unspecified atom stereocenters. The van der Waals surface area contributed by atoms with Crippen molar-refractivity contribution in [3.8, 4) is 0 Å². The normalized spacial score (nSPS) is 10.8. The summed E-state index contributed by atoms with van der Waals surface area (Å²) in [5, 5.41) is 0. The Hall–Kier alpha value is -0.780. The Balaban J connectivity index is 2.92. The fourth-order valence-corrected chi connectivity index (χ4v) is 3.03. The van der Waals surface area contributed by atoms with Gasteiger partial charge < -0.3 is 15.4 Å². The third-order valence-corrected chi connectivity index (χ3v) is 3.98. The highest BCUT2D eigenvalue weighted by molar-refractivity contribution is 7.99. The zero-order valence-electron chi connectivity index (χ0n) is 12.7. The van der Waals surface area contributed by atoms with Crippen molar-refractivity contribution >= 4 is 34.7 Å². The first-order chi connectivity index (χ1) is 9.47. The van der Waals surface area contributed by atoms with Gasteiger partial charge in [0.05, 0.1) is 12.7 Å². The summed E-state index contributed by atoms with van der Waals surface area (Å²) in [6.07, 6.45) is 0.250. The molecule has 0 aliphatic carbocycles. The molecule has 1 aromatic carbocycles. The molecule has 1 aromatic rings. The predicted molar refractivity (Wildman–Crippen MR) is 93.1 cm³/mol. The quantitative estimate of drug-likeness (QED) is 0.589. The first-order valence-corrected chi connectivity index (χ1v) is 8.25. The van der Waals surface area contributed by atoms with Gasteiger partial charge in [-0.2, -0.15) is 0 Å². The van der Waals surface area contributed by atoms with Gasteiger partial charge in [0.15, 0.2) is 0 Å². The molecular formula is C15H24N2OS2. The highest BCUT2D eigenvalue weighted by atomic mass is 32.2. The number of ether oxygens (including phenoxy) is 1. The molecule has 0 radical (unpaired) electrons. The lowest BCUT2D eigenvalue weighted by Crippen LogP contribution is -2.27. The maximum absolute atomic E-state index is 5.92. The largest absolute Gasteiger partial charge is 0.389 e. The van der Waals surface area contributed by atoms with Gasteiger partial charge in [-0.15, -0.1) is 11.8 Å². The van der Waals surface area contributed by atoms with Crippen molar-refractivity contribution in [3.63, 3.8) is 0 Å². The number of hydrogen-bond acceptors (Lipinski definition) is 4. The van der Waals surface area contributed by atoms with Gasteiger partial charge in [-0.05, 0) is 31.7 Å². The van der Waals surface area contributed by atoms with Gasteiger partial charge in [-0.1, -0.05) is 25.2 Å². The third kappa shape index (κ3) is 4.96. The number of anilines is 1. The van der Waals surface area contributed by atoms with Gasteiger partial charge in [-0.25, -0.2) is 0 Å². The number of nitrogens with zero attached hydrogens (tertiary/aromatic N) is 1. The molecule has 0 aromatic heterocycles. The van der Waals surface area contributed by atoms with Gasteiger partial charge in [-0.3, -0.25) is 0 Å². The summed E-state index contributed by atoms with van der Waals surface area (Å²) in [7, 11) is 2.04. The summed E-state index contributed by atoms with van der Waals surface area (Å²) in [4.78, 5) is 3.75. The van der Waals surface area contributed by atoms with Crippen LogP contribution in [0.5, 0.6) is 0 Å². The summed E-state index contributed by atoms with van der Waals surface area (Å²) in [6, 6.07) is 6.18. The van der Waals surface area contributed by atoms with E-state index in [1.807, 2.05) is 20.9 Å². The Morgan fingerprint density at radius 2 is 2.15 bits per heavy atom. The molecule has 0 bridgehead atoms. The van der Waals surface area contributed by atoms with Crippen molar-refractivity contribution in [1.29, 1.82) is 0 Å². The lowest BCUT2D eigenvalue weighted by Gasteiger charge is -2.24. The number of thioether (sulfide) groups is 1. The SMILES string of the molecule is CCSc1cccc(N(C)CCOC(C)C)c1C(N)=S. The van der Waals surface area contributed by atoms with E-state index in [0.717, 1.165) is 28.4 Å². The van der Waals surface area contributed by atoms with Crippen LogP contribution in [-0.2, 0) is 4.74 Å². The standard InChI is InChI=1S/C15H24N2OS2/c1-5-20-13-8-6-7-12(14(13)15(16)19)17(4)9-10-18-11(2)3/h6-8,11H,5,9-10H2,1-4H3,(H2,16,19). The predicted octanol–water partition coefficient (Wildman–Crippen LogP) is 3.29. The van der Waals surface area contributed by atoms with Crippen molar-refractivity contribution in [2.45, 2.75) is 31.8 Å². The zero-order chi connectivity index (χ0) is 15.1. The molecule has 0 fully saturated rings. The van der Waals surface area contributed by atoms with E-state index in [9.17, 15) is 0 Å². The first-order valence-electron chi connectivity index (χ1n) is 6.85. The Morgan fingerprint density at radius 1 is 1.45 bits per heavy atom. The molecule has 0 saturated carbocycles. The van der Waals surface area contributed by atoms with Crippen LogP contribution in [-0.4, -0.2) is 37.0 Å². The van der Waals surface area contributed by atoms with Gasteiger partial charge >= 0.3 is 0 Å². The van der Waals surface area contributed by atoms with Crippen LogP contribution in [0.4, 0.5) is 5.69 Å². The monoisotopic (exact) mass is 312 g/mol. The van der Waals surface area contributed by atoms with Gasteiger partial charge in [0, 0.05) is 29.7 Å². The van der Waals surface area contributed by atoms with Crippen LogP contribution < -0.4 is 10.6 Å². The average molecular weight is 313 g/mol. The molecule has 0 amide bonds. The van der Waals surface area contributed by atoms with Crippen molar-refractivity contribution < 1.29 is 4.74 Å². The van der Waals surface area contributed by atoms with Crippen molar-refractivity contribution in [3.05, 3.63) is 23.8 Å². The molecule has 2 N–H and O–H groups in total. The summed E-state index contributed by atoms with van der Waals surface area (Å²) in [6.45, 7) is 7.71. The number of likely N-dealkylation sites (N-methyl/N-ethyl adjacent to an activating group) is 1. The van der Waals surface area contributed by atoms with E-state index in [1.54, 1.807) is 11.8 Å². The van der Waals surface area contributed by atoms with Crippen LogP contribution in [0, 0.1) is 0 Å². The molecule has 0 atom stereocenters. The molecule has 0 aliphatic heterocycles. The number of thiocarbonyl (C=S) groups is 1. The maximum atomic E-state index is 5.92. The fraction of sp³-hybridized carbons (Fsp3) is 0.533. The summed E-state index contributed by atoms with van der Waals surface area (Å²) < 4.78 is 5.60. The second-order valence-electron chi connectivity index (χ2n) is 4.79. The molecule has 112 valence electrons. The van der Waals surface area contributed by atoms with Crippen LogP contribution in [0.1, 0.15) is 26.3 Å². The van der Waals surface area contributed by atoms with Crippen LogP contribution in [0.15, 0.2) is 23.1 Å². The van der Waals surface area contributed by atoms with Crippen molar-refractivity contribution in [1.82, 2.24) is 0 Å². The summed E-state index contributed by atoms with van der Waals surface area (Å²) in [5.41, 5.74) is 7.97. The van der Waals surface area contributed by atoms with Crippen molar-refractivity contribution in [2.75, 3.05) is 30.9 Å². The molecule has 5 heteroatoms. The van der Waals surface area contributed by atoms with E-state index < -0.39 is 0 Å². The Morgan fingerprint density at radius 3 is 2.70 bits per heavy atom. The number of hydrogen-bond donors (Lipinski definition) is 1. The fourth-order valence-electron chi connectivity index (χ4n) is 1.91. The summed E-state index contributed by atoms with van der Waals surface area (Å²) >= 11 is 7.00. The Labute approximate surface area is 131 Å². The molecule has 3 nitrogen and oxygen atoms in total. The van der Waals surface area contributed by atoms with Crippen molar-refractivity contribution in [2.24, 2.45) is 5.73 Å². The van der Waals surface area contributed by atoms with E-state index in [1.165, 1.54) is 0 Å². The number of rotatable bonds is 8. The van der Waals surface area contributed by atoms with E-state index in [0.29, 0.717) is 11.6 Å². The van der Waals surface area contributed by atoms with Crippen LogP contribution in [0.3, 0.4) is 0 Å². The van der Waals surface area contributed by atoms with Crippen LogP contribution in [0.2, 0.25) is 0 Å². The first kappa shape index (κ1) is 17.3. The van der Waals surface area contributed by atoms with Crippen LogP contribution >= 0.6 is 24.0 Å². The highest BCUT2D eigenvalue weighted by Gasteiger charge is 2.14. The third-order valence-electron chi connectivity index (χ3n) is 2.84. The van der Waals surface area contributed by atoms with E-state index >= 15 is 0 Å².